The number of hydrogen-bond donors (Lipinski definition) is 3. The smallest absolute Gasteiger partial charge is 0.303 e. The van der Waals surface area contributed by atoms with Crippen molar-refractivity contribution in [1.82, 2.24) is 10.6 Å². The Morgan fingerprint density at radius 2 is 1.94 bits per heavy atom. The van der Waals surface area contributed by atoms with Gasteiger partial charge in [-0.3, -0.25) is 9.59 Å². The zero-order chi connectivity index (χ0) is 23.3. The molecular formula is C26H40N2O5. The number of amides is 1. The lowest BCUT2D eigenvalue weighted by Crippen LogP contribution is -2.41. The van der Waals surface area contributed by atoms with Crippen molar-refractivity contribution in [3.63, 3.8) is 0 Å². The summed E-state index contributed by atoms with van der Waals surface area (Å²) in [5, 5.41) is 15.1. The molecule has 7 heteroatoms. The van der Waals surface area contributed by atoms with E-state index in [2.05, 4.69) is 22.8 Å². The third-order valence-corrected chi connectivity index (χ3v) is 6.81. The molecule has 0 aromatic carbocycles. The van der Waals surface area contributed by atoms with Crippen molar-refractivity contribution in [3.05, 3.63) is 36.1 Å². The van der Waals surface area contributed by atoms with Gasteiger partial charge in [-0.2, -0.15) is 0 Å². The summed E-state index contributed by atoms with van der Waals surface area (Å²) in [4.78, 5) is 22.9. The van der Waals surface area contributed by atoms with E-state index in [1.807, 2.05) is 18.2 Å². The van der Waals surface area contributed by atoms with Crippen LogP contribution in [0.4, 0.5) is 0 Å². The maximum absolute atomic E-state index is 12.3. The minimum Gasteiger partial charge on any atom is -0.494 e. The molecule has 3 aliphatic rings. The number of carbonyl (C=O) groups excluding carboxylic acids is 1. The van der Waals surface area contributed by atoms with Crippen LogP contribution in [-0.2, 0) is 19.1 Å². The molecule has 3 aliphatic heterocycles. The number of carboxylic acids is 1. The van der Waals surface area contributed by atoms with Crippen LogP contribution in [0, 0.1) is 11.8 Å². The largest absolute Gasteiger partial charge is 0.494 e. The molecule has 2 saturated heterocycles. The molecule has 0 aromatic heterocycles. The number of unbranched alkanes of at least 4 members (excludes halogenated alkanes) is 3. The Morgan fingerprint density at radius 1 is 1.09 bits per heavy atom. The van der Waals surface area contributed by atoms with Crippen LogP contribution in [0.25, 0.3) is 0 Å². The van der Waals surface area contributed by atoms with Crippen LogP contribution in [0.1, 0.15) is 64.2 Å². The molecule has 1 amide bonds. The minimum absolute atomic E-state index is 0.0493. The van der Waals surface area contributed by atoms with Gasteiger partial charge in [-0.1, -0.05) is 24.6 Å². The SMILES string of the molecule is O=C(O)CCCC=CC[C@H]1[C@@H](CNC(=O)CNCCCCCC2=CC=CCO2)[C@H]2CC[C@@H]1O2. The Balaban J connectivity index is 1.24. The van der Waals surface area contributed by atoms with Crippen molar-refractivity contribution in [2.75, 3.05) is 26.2 Å². The van der Waals surface area contributed by atoms with Crippen molar-refractivity contribution in [2.45, 2.75) is 76.4 Å². The van der Waals surface area contributed by atoms with Crippen LogP contribution in [0.3, 0.4) is 0 Å². The number of ether oxygens (including phenoxy) is 2. The molecule has 0 aromatic rings. The van der Waals surface area contributed by atoms with E-state index in [4.69, 9.17) is 14.6 Å². The molecule has 0 saturated carbocycles. The van der Waals surface area contributed by atoms with Gasteiger partial charge in [0.1, 0.15) is 6.61 Å². The number of carbonyl (C=O) groups is 2. The summed E-state index contributed by atoms with van der Waals surface area (Å²) >= 11 is 0. The minimum atomic E-state index is -0.740. The summed E-state index contributed by atoms with van der Waals surface area (Å²) in [6, 6.07) is 0. The first-order chi connectivity index (χ1) is 16.1. The molecular weight excluding hydrogens is 420 g/mol. The highest BCUT2D eigenvalue weighted by Crippen LogP contribution is 2.44. The average molecular weight is 461 g/mol. The van der Waals surface area contributed by atoms with Gasteiger partial charge in [0.25, 0.3) is 0 Å². The highest BCUT2D eigenvalue weighted by atomic mass is 16.5. The van der Waals surface area contributed by atoms with Crippen LogP contribution >= 0.6 is 0 Å². The number of aliphatic carboxylic acids is 1. The molecule has 3 rings (SSSR count). The van der Waals surface area contributed by atoms with E-state index in [1.165, 1.54) is 0 Å². The third kappa shape index (κ3) is 8.97. The molecule has 33 heavy (non-hydrogen) atoms. The first-order valence-corrected chi connectivity index (χ1v) is 12.6. The van der Waals surface area contributed by atoms with Gasteiger partial charge in [0.05, 0.1) is 24.5 Å². The van der Waals surface area contributed by atoms with Crippen molar-refractivity contribution < 1.29 is 24.2 Å². The maximum Gasteiger partial charge on any atom is 0.303 e. The number of allylic oxidation sites excluding steroid dienone is 5. The molecule has 184 valence electrons. The fraction of sp³-hybridized carbons (Fsp3) is 0.692. The summed E-state index contributed by atoms with van der Waals surface area (Å²) in [5.74, 6) is 1.18. The van der Waals surface area contributed by atoms with Gasteiger partial charge in [-0.25, -0.2) is 0 Å². The lowest BCUT2D eigenvalue weighted by atomic mass is 9.77. The average Bonchev–Trinajstić information content (AvgIpc) is 3.42. The first kappa shape index (κ1) is 25.5. The van der Waals surface area contributed by atoms with Crippen molar-refractivity contribution >= 4 is 11.9 Å². The maximum atomic E-state index is 12.3. The van der Waals surface area contributed by atoms with Gasteiger partial charge < -0.3 is 25.2 Å². The van der Waals surface area contributed by atoms with Gasteiger partial charge in [0.15, 0.2) is 0 Å². The summed E-state index contributed by atoms with van der Waals surface area (Å²) in [6.07, 6.45) is 20.0. The molecule has 4 atom stereocenters. The van der Waals surface area contributed by atoms with Crippen molar-refractivity contribution in [2.24, 2.45) is 11.8 Å². The Kier molecular flexibility index (Phi) is 11.0. The summed E-state index contributed by atoms with van der Waals surface area (Å²) < 4.78 is 11.7. The topological polar surface area (TPSA) is 96.9 Å². The van der Waals surface area contributed by atoms with Crippen molar-refractivity contribution in [1.29, 1.82) is 0 Å². The highest BCUT2D eigenvalue weighted by Gasteiger charge is 2.47. The molecule has 0 spiro atoms. The molecule has 3 N–H and O–H groups in total. The molecule has 0 radical (unpaired) electrons. The second kappa shape index (κ2) is 14.2. The van der Waals surface area contributed by atoms with Gasteiger partial charge in [-0.05, 0) is 69.6 Å². The number of rotatable bonds is 16. The Labute approximate surface area is 197 Å². The molecule has 3 heterocycles. The Hall–Kier alpha value is -2.12. The van der Waals surface area contributed by atoms with E-state index in [0.29, 0.717) is 44.1 Å². The molecule has 0 unspecified atom stereocenters. The summed E-state index contributed by atoms with van der Waals surface area (Å²) in [5.41, 5.74) is 0. The van der Waals surface area contributed by atoms with Gasteiger partial charge in [0, 0.05) is 25.3 Å². The van der Waals surface area contributed by atoms with E-state index >= 15 is 0 Å². The van der Waals surface area contributed by atoms with Crippen LogP contribution in [0.15, 0.2) is 36.1 Å². The number of nitrogens with one attached hydrogen (secondary N) is 2. The normalized spacial score (nSPS) is 25.9. The van der Waals surface area contributed by atoms with Crippen LogP contribution in [-0.4, -0.2) is 55.4 Å². The molecule has 2 fully saturated rings. The Morgan fingerprint density at radius 3 is 2.73 bits per heavy atom. The fourth-order valence-corrected chi connectivity index (χ4v) is 5.03. The monoisotopic (exact) mass is 460 g/mol. The number of hydrogen-bond acceptors (Lipinski definition) is 5. The summed E-state index contributed by atoms with van der Waals surface area (Å²) in [7, 11) is 0. The van der Waals surface area contributed by atoms with E-state index < -0.39 is 5.97 Å². The molecule has 7 nitrogen and oxygen atoms in total. The van der Waals surface area contributed by atoms with Crippen LogP contribution < -0.4 is 10.6 Å². The quantitative estimate of drug-likeness (QED) is 0.240. The van der Waals surface area contributed by atoms with E-state index in [-0.39, 0.29) is 18.4 Å². The van der Waals surface area contributed by atoms with Gasteiger partial charge >= 0.3 is 5.97 Å². The molecule has 0 aliphatic carbocycles. The fourth-order valence-electron chi connectivity index (χ4n) is 5.03. The standard InChI is InChI=1S/C26H40N2O5/c29-25(19-27-16-8-3-4-10-20-11-7-9-17-32-20)28-18-22-21(23-14-15-24(22)33-23)12-5-1-2-6-13-26(30)31/h1,5,7,9,11,21-24,27H,2-4,6,8,10,12-19H2,(H,28,29)(H,30,31)/t21-,22+,23-,24+/m0/s1. The number of carboxylic acid groups (broad SMARTS) is 1. The second-order valence-corrected chi connectivity index (χ2v) is 9.27. The zero-order valence-electron chi connectivity index (χ0n) is 19.7. The van der Waals surface area contributed by atoms with E-state index in [9.17, 15) is 9.59 Å². The predicted molar refractivity (Wildman–Crippen MR) is 128 cm³/mol. The lowest BCUT2D eigenvalue weighted by molar-refractivity contribution is -0.137. The zero-order valence-corrected chi connectivity index (χ0v) is 19.7. The van der Waals surface area contributed by atoms with E-state index in [0.717, 1.165) is 63.7 Å². The van der Waals surface area contributed by atoms with Gasteiger partial charge in [-0.15, -0.1) is 0 Å². The van der Waals surface area contributed by atoms with Crippen LogP contribution in [0.2, 0.25) is 0 Å². The van der Waals surface area contributed by atoms with Crippen LogP contribution in [0.5, 0.6) is 0 Å². The van der Waals surface area contributed by atoms with Gasteiger partial charge in [0.2, 0.25) is 5.91 Å². The van der Waals surface area contributed by atoms with E-state index in [1.54, 1.807) is 0 Å². The second-order valence-electron chi connectivity index (χ2n) is 9.27. The third-order valence-electron chi connectivity index (χ3n) is 6.81. The Bertz CT molecular complexity index is 717. The van der Waals surface area contributed by atoms with Crippen molar-refractivity contribution in [3.8, 4) is 0 Å². The lowest BCUT2D eigenvalue weighted by Gasteiger charge is -2.27. The summed E-state index contributed by atoms with van der Waals surface area (Å²) in [6.45, 7) is 2.56. The first-order valence-electron chi connectivity index (χ1n) is 12.6. The molecule has 2 bridgehead atoms. The predicted octanol–water partition coefficient (Wildman–Crippen LogP) is 3.72. The highest BCUT2D eigenvalue weighted by molar-refractivity contribution is 5.77. The number of fused-ring (bicyclic) bond motifs is 2.